The molecule has 0 bridgehead atoms. The first-order valence-electron chi connectivity index (χ1n) is 9.46. The number of carbonyl (C=O) groups excluding carboxylic acids is 2. The summed E-state index contributed by atoms with van der Waals surface area (Å²) in [6, 6.07) is 8.39. The third-order valence-electron chi connectivity index (χ3n) is 4.27. The van der Waals surface area contributed by atoms with Gasteiger partial charge in [-0.15, -0.1) is 6.58 Å². The van der Waals surface area contributed by atoms with Crippen molar-refractivity contribution >= 4 is 23.4 Å². The Hall–Kier alpha value is -3.86. The zero-order chi connectivity index (χ0) is 22.8. The van der Waals surface area contributed by atoms with Crippen LogP contribution in [-0.2, 0) is 16.1 Å². The van der Waals surface area contributed by atoms with E-state index in [1.165, 1.54) is 22.7 Å². The molecule has 0 fully saturated rings. The average molecular weight is 430 g/mol. The van der Waals surface area contributed by atoms with E-state index >= 15 is 0 Å². The van der Waals surface area contributed by atoms with Crippen molar-refractivity contribution in [3.63, 3.8) is 0 Å². The summed E-state index contributed by atoms with van der Waals surface area (Å²) >= 11 is 0. The summed E-state index contributed by atoms with van der Waals surface area (Å²) in [5.74, 6) is -0.769. The molecule has 0 aliphatic carbocycles. The van der Waals surface area contributed by atoms with E-state index in [-0.39, 0.29) is 44.3 Å². The maximum absolute atomic E-state index is 12.6. The lowest BCUT2D eigenvalue weighted by Crippen LogP contribution is -2.47. The Morgan fingerprint density at radius 1 is 1.29 bits per heavy atom. The largest absolute Gasteiger partial charge is 0.383 e. The van der Waals surface area contributed by atoms with E-state index in [0.717, 1.165) is 5.56 Å². The van der Waals surface area contributed by atoms with Crippen molar-refractivity contribution < 1.29 is 14.3 Å². The van der Waals surface area contributed by atoms with Gasteiger partial charge in [-0.1, -0.05) is 36.4 Å². The van der Waals surface area contributed by atoms with Crippen molar-refractivity contribution in [1.82, 2.24) is 20.2 Å². The highest BCUT2D eigenvalue weighted by molar-refractivity contribution is 5.96. The van der Waals surface area contributed by atoms with Crippen LogP contribution < -0.4 is 32.5 Å². The summed E-state index contributed by atoms with van der Waals surface area (Å²) in [4.78, 5) is 52.6. The number of imide groups is 1. The Labute approximate surface area is 178 Å². The SMILES string of the molecule is C=CCNC(=O)NC(=O)CN(CCOC)c1c(N)n(Cc2ccccc2)c(=O)[nH]c1=O. The Morgan fingerprint density at radius 2 is 2.00 bits per heavy atom. The summed E-state index contributed by atoms with van der Waals surface area (Å²) in [6.07, 6.45) is 1.46. The minimum absolute atomic E-state index is 0.0609. The number of nitrogens with zero attached hydrogens (tertiary/aromatic N) is 2. The number of hydrogen-bond acceptors (Lipinski definition) is 7. The second-order valence-corrected chi connectivity index (χ2v) is 6.53. The molecule has 5 N–H and O–H groups in total. The van der Waals surface area contributed by atoms with E-state index in [4.69, 9.17) is 10.5 Å². The van der Waals surface area contributed by atoms with Crippen LogP contribution in [0.3, 0.4) is 0 Å². The molecule has 11 heteroatoms. The molecule has 3 amide bonds. The quantitative estimate of drug-likeness (QED) is 0.375. The number of carbonyl (C=O) groups is 2. The number of ether oxygens (including phenoxy) is 1. The Bertz CT molecular complexity index is 1030. The molecule has 31 heavy (non-hydrogen) atoms. The fourth-order valence-electron chi connectivity index (χ4n) is 2.83. The number of aromatic nitrogens is 2. The molecule has 0 radical (unpaired) electrons. The molecule has 2 aromatic rings. The van der Waals surface area contributed by atoms with E-state index in [1.807, 2.05) is 30.3 Å². The van der Waals surface area contributed by atoms with Gasteiger partial charge in [0, 0.05) is 20.2 Å². The minimum atomic E-state index is -0.744. The average Bonchev–Trinajstić information content (AvgIpc) is 2.73. The fourth-order valence-corrected chi connectivity index (χ4v) is 2.83. The second-order valence-electron chi connectivity index (χ2n) is 6.53. The van der Waals surface area contributed by atoms with Crippen molar-refractivity contribution in [2.75, 3.05) is 44.0 Å². The predicted molar refractivity (Wildman–Crippen MR) is 117 cm³/mol. The highest BCUT2D eigenvalue weighted by atomic mass is 16.5. The van der Waals surface area contributed by atoms with Crippen molar-refractivity contribution in [2.45, 2.75) is 6.54 Å². The predicted octanol–water partition coefficient (Wildman–Crippen LogP) is -0.368. The van der Waals surface area contributed by atoms with Crippen LogP contribution in [-0.4, -0.2) is 54.8 Å². The number of nitrogens with one attached hydrogen (secondary N) is 3. The lowest BCUT2D eigenvalue weighted by Gasteiger charge is -2.25. The first kappa shape index (κ1) is 23.4. The monoisotopic (exact) mass is 430 g/mol. The first-order chi connectivity index (χ1) is 14.9. The molecule has 1 aromatic carbocycles. The maximum Gasteiger partial charge on any atom is 0.330 e. The third kappa shape index (κ3) is 6.57. The molecule has 1 heterocycles. The number of nitrogen functional groups attached to an aromatic ring is 1. The summed E-state index contributed by atoms with van der Waals surface area (Å²) in [5, 5.41) is 4.57. The van der Waals surface area contributed by atoms with Gasteiger partial charge in [-0.05, 0) is 5.56 Å². The van der Waals surface area contributed by atoms with Crippen LogP contribution in [0.1, 0.15) is 5.56 Å². The summed E-state index contributed by atoms with van der Waals surface area (Å²) in [6.45, 7) is 3.72. The zero-order valence-electron chi connectivity index (χ0n) is 17.2. The third-order valence-corrected chi connectivity index (χ3v) is 4.27. The Kier molecular flexibility index (Phi) is 8.58. The number of amides is 3. The number of rotatable bonds is 10. The number of H-pyrrole nitrogens is 1. The van der Waals surface area contributed by atoms with Gasteiger partial charge in [0.05, 0.1) is 19.7 Å². The molecular weight excluding hydrogens is 404 g/mol. The van der Waals surface area contributed by atoms with Gasteiger partial charge in [0.1, 0.15) is 11.5 Å². The molecule has 0 saturated heterocycles. The Balaban J connectivity index is 2.34. The molecule has 0 saturated carbocycles. The van der Waals surface area contributed by atoms with Gasteiger partial charge in [-0.2, -0.15) is 0 Å². The van der Waals surface area contributed by atoms with E-state index in [1.54, 1.807) is 0 Å². The molecule has 0 spiro atoms. The first-order valence-corrected chi connectivity index (χ1v) is 9.46. The summed E-state index contributed by atoms with van der Waals surface area (Å²) < 4.78 is 6.26. The highest BCUT2D eigenvalue weighted by Gasteiger charge is 2.22. The molecule has 1 aromatic heterocycles. The van der Waals surface area contributed by atoms with Crippen molar-refractivity contribution in [1.29, 1.82) is 0 Å². The van der Waals surface area contributed by atoms with Crippen LogP contribution in [0.2, 0.25) is 0 Å². The molecule has 0 aliphatic rings. The molecular formula is C20H26N6O5. The molecule has 0 unspecified atom stereocenters. The van der Waals surface area contributed by atoms with Gasteiger partial charge < -0.3 is 20.7 Å². The fraction of sp³-hybridized carbons (Fsp3) is 0.300. The van der Waals surface area contributed by atoms with Crippen LogP contribution in [0, 0.1) is 0 Å². The molecule has 0 atom stereocenters. The number of aromatic amines is 1. The topological polar surface area (TPSA) is 152 Å². The Morgan fingerprint density at radius 3 is 2.65 bits per heavy atom. The normalized spacial score (nSPS) is 10.4. The molecule has 11 nitrogen and oxygen atoms in total. The number of benzene rings is 1. The van der Waals surface area contributed by atoms with Crippen molar-refractivity contribution in [2.24, 2.45) is 0 Å². The summed E-state index contributed by atoms with van der Waals surface area (Å²) in [5.41, 5.74) is 5.51. The molecule has 166 valence electrons. The van der Waals surface area contributed by atoms with Crippen LogP contribution in [0.15, 0.2) is 52.6 Å². The van der Waals surface area contributed by atoms with Gasteiger partial charge in [0.25, 0.3) is 5.56 Å². The van der Waals surface area contributed by atoms with Crippen LogP contribution >= 0.6 is 0 Å². The summed E-state index contributed by atoms with van der Waals surface area (Å²) in [7, 11) is 1.46. The van der Waals surface area contributed by atoms with E-state index in [0.29, 0.717) is 0 Å². The number of hydrogen-bond donors (Lipinski definition) is 4. The van der Waals surface area contributed by atoms with E-state index in [9.17, 15) is 19.2 Å². The minimum Gasteiger partial charge on any atom is -0.383 e. The number of anilines is 2. The van der Waals surface area contributed by atoms with Gasteiger partial charge in [0.15, 0.2) is 0 Å². The van der Waals surface area contributed by atoms with Crippen LogP contribution in [0.4, 0.5) is 16.3 Å². The van der Waals surface area contributed by atoms with Gasteiger partial charge >= 0.3 is 11.7 Å². The van der Waals surface area contributed by atoms with Crippen LogP contribution in [0.25, 0.3) is 0 Å². The van der Waals surface area contributed by atoms with Gasteiger partial charge in [0.2, 0.25) is 5.91 Å². The van der Waals surface area contributed by atoms with Crippen molar-refractivity contribution in [3.05, 3.63) is 69.4 Å². The molecule has 0 aliphatic heterocycles. The van der Waals surface area contributed by atoms with E-state index < -0.39 is 23.2 Å². The zero-order valence-corrected chi connectivity index (χ0v) is 17.2. The second kappa shape index (κ2) is 11.4. The van der Waals surface area contributed by atoms with Crippen molar-refractivity contribution in [3.8, 4) is 0 Å². The van der Waals surface area contributed by atoms with E-state index in [2.05, 4.69) is 22.2 Å². The number of nitrogens with two attached hydrogens (primary N) is 1. The standard InChI is InChI=1S/C20H26N6O5/c1-3-9-22-19(29)23-15(27)13-25(10-11-31-2)16-17(21)26(20(30)24-18(16)28)12-14-7-5-4-6-8-14/h3-8H,1,9-13,21H2,2H3,(H,24,28,30)(H2,22,23,27,29). The highest BCUT2D eigenvalue weighted by Crippen LogP contribution is 2.17. The number of urea groups is 1. The van der Waals surface area contributed by atoms with Crippen LogP contribution in [0.5, 0.6) is 0 Å². The van der Waals surface area contributed by atoms with Gasteiger partial charge in [-0.25, -0.2) is 9.59 Å². The lowest BCUT2D eigenvalue weighted by atomic mass is 10.2. The number of methoxy groups -OCH3 is 1. The lowest BCUT2D eigenvalue weighted by molar-refractivity contribution is -0.118. The smallest absolute Gasteiger partial charge is 0.330 e. The molecule has 2 rings (SSSR count). The van der Waals surface area contributed by atoms with Gasteiger partial charge in [-0.3, -0.25) is 24.5 Å². The maximum atomic E-state index is 12.6.